The van der Waals surface area contributed by atoms with Gasteiger partial charge < -0.3 is 14.2 Å². The summed E-state index contributed by atoms with van der Waals surface area (Å²) in [5.41, 5.74) is 0.750. The van der Waals surface area contributed by atoms with Crippen molar-refractivity contribution in [3.05, 3.63) is 41.7 Å². The fourth-order valence-corrected chi connectivity index (χ4v) is 2.81. The van der Waals surface area contributed by atoms with Gasteiger partial charge in [-0.2, -0.15) is 0 Å². The molecule has 0 aromatic carbocycles. The van der Waals surface area contributed by atoms with E-state index in [0.717, 1.165) is 24.6 Å². The molecule has 1 aliphatic rings. The summed E-state index contributed by atoms with van der Waals surface area (Å²) < 4.78 is 5.57. The molecule has 3 heterocycles. The summed E-state index contributed by atoms with van der Waals surface area (Å²) in [6.45, 7) is 8.68. The normalized spacial score (nSPS) is 15.3. The zero-order valence-corrected chi connectivity index (χ0v) is 13.8. The first-order valence-corrected chi connectivity index (χ1v) is 7.99. The van der Waals surface area contributed by atoms with Crippen LogP contribution in [0.1, 0.15) is 41.9 Å². The molecule has 6 heteroatoms. The Kier molecular flexibility index (Phi) is 4.32. The number of hydrogen-bond donors (Lipinski definition) is 0. The fraction of sp³-hybridized carbons (Fsp3) is 0.471. The maximum Gasteiger partial charge on any atom is 0.291 e. The lowest BCUT2D eigenvalue weighted by atomic mass is 10.1. The van der Waals surface area contributed by atoms with Gasteiger partial charge in [-0.1, -0.05) is 19.9 Å². The van der Waals surface area contributed by atoms with Crippen LogP contribution in [0.4, 0.5) is 5.82 Å². The van der Waals surface area contributed by atoms with E-state index in [0.29, 0.717) is 24.7 Å². The third-order valence-corrected chi connectivity index (χ3v) is 4.04. The molecular formula is C17H22N4O2. The SMILES string of the molecule is Cc1nc(C(C)C)c(C(=O)N2CCN(c3ccccn3)CC2)o1. The Hall–Kier alpha value is -2.37. The van der Waals surface area contributed by atoms with Gasteiger partial charge in [0.2, 0.25) is 5.76 Å². The number of aromatic nitrogens is 2. The van der Waals surface area contributed by atoms with Gasteiger partial charge in [-0.25, -0.2) is 9.97 Å². The van der Waals surface area contributed by atoms with Gasteiger partial charge in [0, 0.05) is 39.3 Å². The number of amides is 1. The van der Waals surface area contributed by atoms with E-state index in [1.807, 2.05) is 36.9 Å². The minimum atomic E-state index is -0.0602. The highest BCUT2D eigenvalue weighted by Gasteiger charge is 2.28. The molecular weight excluding hydrogens is 292 g/mol. The molecule has 3 rings (SSSR count). The summed E-state index contributed by atoms with van der Waals surface area (Å²) in [6.07, 6.45) is 1.79. The van der Waals surface area contributed by atoms with E-state index in [2.05, 4.69) is 14.9 Å². The molecule has 0 N–H and O–H groups in total. The van der Waals surface area contributed by atoms with Gasteiger partial charge in [0.1, 0.15) is 5.82 Å². The van der Waals surface area contributed by atoms with Crippen molar-refractivity contribution in [1.29, 1.82) is 0 Å². The van der Waals surface area contributed by atoms with Crippen molar-refractivity contribution in [1.82, 2.24) is 14.9 Å². The zero-order chi connectivity index (χ0) is 16.4. The molecule has 2 aromatic heterocycles. The quantitative estimate of drug-likeness (QED) is 0.871. The van der Waals surface area contributed by atoms with Crippen LogP contribution in [-0.4, -0.2) is 47.0 Å². The number of aryl methyl sites for hydroxylation is 1. The van der Waals surface area contributed by atoms with Crippen molar-refractivity contribution in [2.45, 2.75) is 26.7 Å². The fourth-order valence-electron chi connectivity index (χ4n) is 2.81. The second-order valence-corrected chi connectivity index (χ2v) is 6.07. The van der Waals surface area contributed by atoms with Crippen molar-refractivity contribution in [3.63, 3.8) is 0 Å². The summed E-state index contributed by atoms with van der Waals surface area (Å²) in [4.78, 5) is 25.5. The van der Waals surface area contributed by atoms with Gasteiger partial charge in [0.25, 0.3) is 5.91 Å². The molecule has 0 radical (unpaired) electrons. The summed E-state index contributed by atoms with van der Waals surface area (Å²) in [5, 5.41) is 0. The summed E-state index contributed by atoms with van der Waals surface area (Å²) in [6, 6.07) is 5.88. The molecule has 1 fully saturated rings. The number of carbonyl (C=O) groups is 1. The first-order valence-electron chi connectivity index (χ1n) is 7.99. The molecule has 0 bridgehead atoms. The second kappa shape index (κ2) is 6.40. The Balaban J connectivity index is 1.69. The number of oxazole rings is 1. The van der Waals surface area contributed by atoms with E-state index in [9.17, 15) is 4.79 Å². The summed E-state index contributed by atoms with van der Waals surface area (Å²) in [7, 11) is 0. The molecule has 0 aliphatic carbocycles. The Bertz CT molecular complexity index is 673. The van der Waals surface area contributed by atoms with Gasteiger partial charge in [-0.3, -0.25) is 4.79 Å². The molecule has 0 saturated carbocycles. The Morgan fingerprint density at radius 3 is 2.57 bits per heavy atom. The van der Waals surface area contributed by atoms with Crippen LogP contribution in [0.5, 0.6) is 0 Å². The minimum Gasteiger partial charge on any atom is -0.436 e. The third-order valence-electron chi connectivity index (χ3n) is 4.04. The molecule has 1 saturated heterocycles. The van der Waals surface area contributed by atoms with Crippen LogP contribution < -0.4 is 4.90 Å². The molecule has 2 aromatic rings. The number of anilines is 1. The predicted octanol–water partition coefficient (Wildman–Crippen LogP) is 2.46. The highest BCUT2D eigenvalue weighted by molar-refractivity contribution is 5.92. The van der Waals surface area contributed by atoms with Crippen LogP contribution in [0, 0.1) is 6.92 Å². The lowest BCUT2D eigenvalue weighted by Gasteiger charge is -2.35. The Morgan fingerprint density at radius 1 is 1.22 bits per heavy atom. The third kappa shape index (κ3) is 3.21. The van der Waals surface area contributed by atoms with Gasteiger partial charge in [-0.15, -0.1) is 0 Å². The smallest absolute Gasteiger partial charge is 0.291 e. The second-order valence-electron chi connectivity index (χ2n) is 6.07. The van der Waals surface area contributed by atoms with Crippen molar-refractivity contribution >= 4 is 11.7 Å². The maximum absolute atomic E-state index is 12.7. The average Bonchev–Trinajstić information content (AvgIpc) is 2.97. The average molecular weight is 314 g/mol. The first kappa shape index (κ1) is 15.5. The molecule has 6 nitrogen and oxygen atoms in total. The topological polar surface area (TPSA) is 62.5 Å². The molecule has 0 spiro atoms. The lowest BCUT2D eigenvalue weighted by molar-refractivity contribution is 0.0711. The molecule has 1 amide bonds. The van der Waals surface area contributed by atoms with Gasteiger partial charge in [0.15, 0.2) is 5.89 Å². The largest absolute Gasteiger partial charge is 0.436 e. The Morgan fingerprint density at radius 2 is 1.96 bits per heavy atom. The van der Waals surface area contributed by atoms with Crippen LogP contribution in [0.15, 0.2) is 28.8 Å². The van der Waals surface area contributed by atoms with E-state index in [1.54, 1.807) is 13.1 Å². The van der Waals surface area contributed by atoms with E-state index >= 15 is 0 Å². The minimum absolute atomic E-state index is 0.0602. The van der Waals surface area contributed by atoms with Crippen molar-refractivity contribution in [2.24, 2.45) is 0 Å². The first-order chi connectivity index (χ1) is 11.1. The maximum atomic E-state index is 12.7. The van der Waals surface area contributed by atoms with Crippen molar-refractivity contribution in [3.8, 4) is 0 Å². The van der Waals surface area contributed by atoms with Crippen LogP contribution in [0.2, 0.25) is 0 Å². The zero-order valence-electron chi connectivity index (χ0n) is 13.8. The van der Waals surface area contributed by atoms with E-state index in [4.69, 9.17) is 4.42 Å². The molecule has 1 aliphatic heterocycles. The Labute approximate surface area is 136 Å². The van der Waals surface area contributed by atoms with E-state index in [1.165, 1.54) is 0 Å². The van der Waals surface area contributed by atoms with Crippen molar-refractivity contribution in [2.75, 3.05) is 31.1 Å². The standard InChI is InChI=1S/C17H22N4O2/c1-12(2)15-16(23-13(3)19-15)17(22)21-10-8-20(9-11-21)14-6-4-5-7-18-14/h4-7,12H,8-11H2,1-3H3. The van der Waals surface area contributed by atoms with Crippen LogP contribution in [-0.2, 0) is 0 Å². The summed E-state index contributed by atoms with van der Waals surface area (Å²) >= 11 is 0. The summed E-state index contributed by atoms with van der Waals surface area (Å²) in [5.74, 6) is 2.00. The van der Waals surface area contributed by atoms with E-state index < -0.39 is 0 Å². The molecule has 122 valence electrons. The number of piperazine rings is 1. The van der Waals surface area contributed by atoms with Gasteiger partial charge in [-0.05, 0) is 18.1 Å². The van der Waals surface area contributed by atoms with Crippen LogP contribution in [0.3, 0.4) is 0 Å². The number of nitrogens with zero attached hydrogens (tertiary/aromatic N) is 4. The number of carbonyl (C=O) groups excluding carboxylic acids is 1. The van der Waals surface area contributed by atoms with Crippen molar-refractivity contribution < 1.29 is 9.21 Å². The highest BCUT2D eigenvalue weighted by Crippen LogP contribution is 2.22. The molecule has 0 atom stereocenters. The lowest BCUT2D eigenvalue weighted by Crippen LogP contribution is -2.49. The van der Waals surface area contributed by atoms with Crippen LogP contribution >= 0.6 is 0 Å². The predicted molar refractivity (Wildman–Crippen MR) is 87.7 cm³/mol. The van der Waals surface area contributed by atoms with Gasteiger partial charge >= 0.3 is 0 Å². The van der Waals surface area contributed by atoms with Crippen LogP contribution in [0.25, 0.3) is 0 Å². The highest BCUT2D eigenvalue weighted by atomic mass is 16.4. The molecule has 0 unspecified atom stereocenters. The number of pyridine rings is 1. The number of rotatable bonds is 3. The number of hydrogen-bond acceptors (Lipinski definition) is 5. The van der Waals surface area contributed by atoms with E-state index in [-0.39, 0.29) is 11.8 Å². The van der Waals surface area contributed by atoms with Gasteiger partial charge in [0.05, 0.1) is 5.69 Å². The monoisotopic (exact) mass is 314 g/mol. The molecule has 23 heavy (non-hydrogen) atoms.